The number of alkyl halides is 3. The number of nitro benzene ring substituents is 1. The van der Waals surface area contributed by atoms with Crippen LogP contribution in [0.2, 0.25) is 0 Å². The van der Waals surface area contributed by atoms with Gasteiger partial charge in [-0.1, -0.05) is 0 Å². The molecule has 34 heavy (non-hydrogen) atoms. The second-order valence-corrected chi connectivity index (χ2v) is 6.93. The molecular formula is C20H13F5N6O3. The van der Waals surface area contributed by atoms with Crippen molar-refractivity contribution in [1.82, 2.24) is 19.5 Å². The lowest BCUT2D eigenvalue weighted by atomic mass is 10.1. The maximum Gasteiger partial charge on any atom is 0.307 e. The zero-order valence-electron chi connectivity index (χ0n) is 17.0. The van der Waals surface area contributed by atoms with Gasteiger partial charge in [0.2, 0.25) is 11.8 Å². The predicted octanol–water partition coefficient (Wildman–Crippen LogP) is 4.90. The zero-order valence-corrected chi connectivity index (χ0v) is 17.0. The van der Waals surface area contributed by atoms with Crippen molar-refractivity contribution in [2.24, 2.45) is 7.05 Å². The van der Waals surface area contributed by atoms with Crippen LogP contribution in [0.3, 0.4) is 0 Å². The van der Waals surface area contributed by atoms with Gasteiger partial charge in [-0.2, -0.15) is 13.8 Å². The van der Waals surface area contributed by atoms with E-state index in [-0.39, 0.29) is 11.8 Å². The van der Waals surface area contributed by atoms with Gasteiger partial charge in [-0.3, -0.25) is 10.1 Å². The Labute approximate surface area is 187 Å². The second-order valence-electron chi connectivity index (χ2n) is 6.93. The van der Waals surface area contributed by atoms with Crippen LogP contribution in [0, 0.1) is 21.7 Å². The highest BCUT2D eigenvalue weighted by Gasteiger charge is 2.26. The molecule has 2 aromatic carbocycles. The largest absolute Gasteiger partial charge is 0.452 e. The number of hydrogen-bond acceptors (Lipinski definition) is 7. The molecule has 1 unspecified atom stereocenters. The van der Waals surface area contributed by atoms with Crippen LogP contribution in [0.25, 0.3) is 22.3 Å². The van der Waals surface area contributed by atoms with E-state index in [4.69, 9.17) is 0 Å². The first-order chi connectivity index (χ1) is 16.1. The number of aromatic nitrogens is 4. The molecule has 2 aromatic heterocycles. The number of nitrogens with zero attached hydrogens (tertiary/aromatic N) is 5. The van der Waals surface area contributed by atoms with E-state index in [1.165, 1.54) is 12.1 Å². The molecule has 0 aliphatic carbocycles. The molecule has 4 rings (SSSR count). The Hall–Kier alpha value is -4.36. The van der Waals surface area contributed by atoms with E-state index in [0.29, 0.717) is 28.6 Å². The molecule has 9 nitrogen and oxygen atoms in total. The number of rotatable bonds is 7. The van der Waals surface area contributed by atoms with E-state index in [0.717, 1.165) is 6.33 Å². The summed E-state index contributed by atoms with van der Waals surface area (Å²) in [7, 11) is 1.72. The Kier molecular flexibility index (Phi) is 5.96. The Morgan fingerprint density at radius 1 is 1.15 bits per heavy atom. The summed E-state index contributed by atoms with van der Waals surface area (Å²) in [5.41, 5.74) is -0.374. The predicted molar refractivity (Wildman–Crippen MR) is 110 cm³/mol. The Morgan fingerprint density at radius 2 is 1.91 bits per heavy atom. The molecule has 0 radical (unpaired) electrons. The normalized spacial score (nSPS) is 12.2. The van der Waals surface area contributed by atoms with Crippen molar-refractivity contribution in [2.45, 2.75) is 12.8 Å². The van der Waals surface area contributed by atoms with Crippen molar-refractivity contribution >= 4 is 28.2 Å². The smallest absolute Gasteiger partial charge is 0.307 e. The summed E-state index contributed by atoms with van der Waals surface area (Å²) in [6.07, 6.45) is -3.97. The standard InChI is InChI=1S/C20H13F5N6O3/c1-30-7-11(10-4-9(21)2-3-14(10)30)19-26-8-27-20(29-19)28-13-6-15(31(32)33)12(22)5-16(13)34-18(25)17(23)24/h2-8,17-18H,1H3,(H,26,27,28,29). The van der Waals surface area contributed by atoms with Gasteiger partial charge < -0.3 is 14.6 Å². The van der Waals surface area contributed by atoms with Crippen molar-refractivity contribution in [3.63, 3.8) is 0 Å². The highest BCUT2D eigenvalue weighted by Crippen LogP contribution is 2.35. The third kappa shape index (κ3) is 4.42. The number of nitrogens with one attached hydrogen (secondary N) is 1. The van der Waals surface area contributed by atoms with Crippen LogP contribution in [-0.2, 0) is 7.05 Å². The highest BCUT2D eigenvalue weighted by atomic mass is 19.3. The van der Waals surface area contributed by atoms with Crippen LogP contribution in [0.1, 0.15) is 0 Å². The van der Waals surface area contributed by atoms with E-state index < -0.39 is 46.5 Å². The molecular weight excluding hydrogens is 467 g/mol. The first-order valence-corrected chi connectivity index (χ1v) is 9.42. The fraction of sp³-hybridized carbons (Fsp3) is 0.150. The van der Waals surface area contributed by atoms with E-state index in [2.05, 4.69) is 25.0 Å². The van der Waals surface area contributed by atoms with E-state index in [1.807, 2.05) is 0 Å². The molecule has 0 fully saturated rings. The number of fused-ring (bicyclic) bond motifs is 1. The average Bonchev–Trinajstić information content (AvgIpc) is 3.11. The van der Waals surface area contributed by atoms with Gasteiger partial charge in [0.25, 0.3) is 6.36 Å². The van der Waals surface area contributed by atoms with Crippen LogP contribution in [-0.4, -0.2) is 37.2 Å². The van der Waals surface area contributed by atoms with Crippen molar-refractivity contribution in [2.75, 3.05) is 5.32 Å². The fourth-order valence-corrected chi connectivity index (χ4v) is 3.20. The van der Waals surface area contributed by atoms with Gasteiger partial charge in [-0.15, -0.1) is 0 Å². The van der Waals surface area contributed by atoms with Crippen LogP contribution in [0.15, 0.2) is 42.9 Å². The molecule has 14 heteroatoms. The fourth-order valence-electron chi connectivity index (χ4n) is 3.20. The molecule has 0 aliphatic heterocycles. The average molecular weight is 480 g/mol. The van der Waals surface area contributed by atoms with Crippen LogP contribution < -0.4 is 10.1 Å². The van der Waals surface area contributed by atoms with Gasteiger partial charge in [0.1, 0.15) is 12.1 Å². The van der Waals surface area contributed by atoms with Crippen LogP contribution in [0.5, 0.6) is 5.75 Å². The third-order valence-corrected chi connectivity index (χ3v) is 4.69. The van der Waals surface area contributed by atoms with Gasteiger partial charge in [-0.25, -0.2) is 23.1 Å². The maximum absolute atomic E-state index is 14.0. The van der Waals surface area contributed by atoms with Crippen molar-refractivity contribution < 1.29 is 31.6 Å². The Balaban J connectivity index is 1.75. The first kappa shape index (κ1) is 22.8. The van der Waals surface area contributed by atoms with Crippen molar-refractivity contribution in [3.05, 3.63) is 64.6 Å². The lowest BCUT2D eigenvalue weighted by Gasteiger charge is -2.15. The molecule has 2 heterocycles. The quantitative estimate of drug-likeness (QED) is 0.228. The summed E-state index contributed by atoms with van der Waals surface area (Å²) in [5.74, 6) is -2.88. The summed E-state index contributed by atoms with van der Waals surface area (Å²) in [5, 5.41) is 14.0. The van der Waals surface area contributed by atoms with Crippen LogP contribution >= 0.6 is 0 Å². The van der Waals surface area contributed by atoms with E-state index in [9.17, 15) is 32.1 Å². The molecule has 0 bridgehead atoms. The number of aryl methyl sites for hydroxylation is 1. The highest BCUT2D eigenvalue weighted by molar-refractivity contribution is 5.94. The molecule has 0 spiro atoms. The second kappa shape index (κ2) is 8.88. The molecule has 0 saturated carbocycles. The summed E-state index contributed by atoms with van der Waals surface area (Å²) in [6.45, 7) is 0. The lowest BCUT2D eigenvalue weighted by Crippen LogP contribution is -2.20. The minimum Gasteiger partial charge on any atom is -0.452 e. The summed E-state index contributed by atoms with van der Waals surface area (Å²) >= 11 is 0. The van der Waals surface area contributed by atoms with Crippen LogP contribution in [0.4, 0.5) is 39.3 Å². The first-order valence-electron chi connectivity index (χ1n) is 9.42. The van der Waals surface area contributed by atoms with Gasteiger partial charge in [0, 0.05) is 41.8 Å². The molecule has 0 saturated heterocycles. The minimum absolute atomic E-state index is 0.0729. The minimum atomic E-state index is -3.55. The third-order valence-electron chi connectivity index (χ3n) is 4.69. The number of ether oxygens (including phenoxy) is 1. The number of nitro groups is 1. The summed E-state index contributed by atoms with van der Waals surface area (Å²) in [6, 6.07) is 5.15. The Morgan fingerprint density at radius 3 is 2.62 bits per heavy atom. The molecule has 176 valence electrons. The zero-order chi connectivity index (χ0) is 24.6. The molecule has 4 aromatic rings. The van der Waals surface area contributed by atoms with Gasteiger partial charge in [-0.05, 0) is 18.2 Å². The lowest BCUT2D eigenvalue weighted by molar-refractivity contribution is -0.387. The Bertz CT molecular complexity index is 1400. The summed E-state index contributed by atoms with van der Waals surface area (Å²) in [4.78, 5) is 22.1. The summed E-state index contributed by atoms with van der Waals surface area (Å²) < 4.78 is 72.6. The molecule has 0 aliphatic rings. The topological polar surface area (TPSA) is 108 Å². The number of anilines is 2. The van der Waals surface area contributed by atoms with Gasteiger partial charge in [0.15, 0.2) is 11.6 Å². The molecule has 0 amide bonds. The number of hydrogen-bond donors (Lipinski definition) is 1. The number of benzene rings is 2. The monoisotopic (exact) mass is 480 g/mol. The SMILES string of the molecule is Cn1cc(-c2ncnc(Nc3cc([N+](=O)[O-])c(F)cc3OC(F)C(F)F)n2)c2cc(F)ccc21. The van der Waals surface area contributed by atoms with Gasteiger partial charge in [0.05, 0.1) is 10.6 Å². The maximum atomic E-state index is 14.0. The molecule has 1 N–H and O–H groups in total. The van der Waals surface area contributed by atoms with Gasteiger partial charge >= 0.3 is 12.1 Å². The molecule has 1 atom stereocenters. The van der Waals surface area contributed by atoms with E-state index in [1.54, 1.807) is 23.9 Å². The van der Waals surface area contributed by atoms with E-state index >= 15 is 0 Å². The van der Waals surface area contributed by atoms with Crippen molar-refractivity contribution in [3.8, 4) is 17.1 Å². The van der Waals surface area contributed by atoms with Crippen molar-refractivity contribution in [1.29, 1.82) is 0 Å². The number of halogens is 5.